The Kier molecular flexibility index (Phi) is 5.70. The number of H-pyrrole nitrogens is 1. The van der Waals surface area contributed by atoms with Gasteiger partial charge in [-0.3, -0.25) is 4.79 Å². The van der Waals surface area contributed by atoms with Crippen molar-refractivity contribution in [2.24, 2.45) is 0 Å². The maximum absolute atomic E-state index is 12.6. The van der Waals surface area contributed by atoms with Gasteiger partial charge in [-0.05, 0) is 68.1 Å². The van der Waals surface area contributed by atoms with Gasteiger partial charge < -0.3 is 10.3 Å². The van der Waals surface area contributed by atoms with Gasteiger partial charge in [0.05, 0.1) is 11.4 Å². The summed E-state index contributed by atoms with van der Waals surface area (Å²) in [4.78, 5) is 15.8. The number of amides is 1. The van der Waals surface area contributed by atoms with E-state index >= 15 is 0 Å². The minimum absolute atomic E-state index is 0.0542. The van der Waals surface area contributed by atoms with Gasteiger partial charge in [0.15, 0.2) is 0 Å². The van der Waals surface area contributed by atoms with Gasteiger partial charge >= 0.3 is 0 Å². The molecule has 0 atom stereocenters. The maximum Gasteiger partial charge on any atom is 0.251 e. The molecule has 154 valence electrons. The predicted molar refractivity (Wildman–Crippen MR) is 121 cm³/mol. The molecule has 0 spiro atoms. The van der Waals surface area contributed by atoms with E-state index in [0.29, 0.717) is 12.1 Å². The third-order valence-electron chi connectivity index (χ3n) is 5.67. The summed E-state index contributed by atoms with van der Waals surface area (Å²) in [5, 5.41) is 8.93. The van der Waals surface area contributed by atoms with Crippen molar-refractivity contribution < 1.29 is 4.79 Å². The highest BCUT2D eigenvalue weighted by atomic mass is 16.1. The molecule has 0 saturated carbocycles. The van der Waals surface area contributed by atoms with Gasteiger partial charge in [0.25, 0.3) is 5.91 Å². The summed E-state index contributed by atoms with van der Waals surface area (Å²) in [6.07, 6.45) is 4.95. The molecule has 5 heteroatoms. The molecule has 5 nitrogen and oxygen atoms in total. The number of nitrogens with one attached hydrogen (secondary N) is 2. The first-order chi connectivity index (χ1) is 14.6. The highest BCUT2D eigenvalue weighted by Gasteiger charge is 2.13. The van der Waals surface area contributed by atoms with Gasteiger partial charge in [0.2, 0.25) is 0 Å². The Balaban J connectivity index is 1.40. The van der Waals surface area contributed by atoms with E-state index in [0.717, 1.165) is 36.2 Å². The standard InChI is InChI=1S/C25H28N4O/c1-4-7-22-17(2)28-29(18(22)3)21-12-10-19(11-13-21)25(30)26-15-14-20-16-27-24-9-6-5-8-23(20)24/h5-6,8-13,16,27H,4,7,14-15H2,1-3H3,(H,26,30). The van der Waals surface area contributed by atoms with Crippen LogP contribution in [-0.2, 0) is 12.8 Å². The van der Waals surface area contributed by atoms with E-state index in [4.69, 9.17) is 0 Å². The molecule has 0 unspecified atom stereocenters. The molecule has 0 aliphatic rings. The summed E-state index contributed by atoms with van der Waals surface area (Å²) in [5.41, 5.74) is 7.55. The first-order valence-corrected chi connectivity index (χ1v) is 10.6. The molecule has 0 bridgehead atoms. The second-order valence-corrected chi connectivity index (χ2v) is 7.72. The van der Waals surface area contributed by atoms with Crippen LogP contribution in [0.3, 0.4) is 0 Å². The minimum Gasteiger partial charge on any atom is -0.361 e. The lowest BCUT2D eigenvalue weighted by atomic mass is 10.1. The highest BCUT2D eigenvalue weighted by molar-refractivity contribution is 5.94. The summed E-state index contributed by atoms with van der Waals surface area (Å²) in [7, 11) is 0. The lowest BCUT2D eigenvalue weighted by molar-refractivity contribution is 0.0954. The Morgan fingerprint density at radius 1 is 1.07 bits per heavy atom. The maximum atomic E-state index is 12.6. The third-order valence-corrected chi connectivity index (χ3v) is 5.67. The van der Waals surface area contributed by atoms with Crippen LogP contribution in [-0.4, -0.2) is 27.2 Å². The molecule has 2 heterocycles. The molecule has 2 aromatic heterocycles. The average Bonchev–Trinajstić information content (AvgIpc) is 3.30. The van der Waals surface area contributed by atoms with Crippen molar-refractivity contribution in [2.45, 2.75) is 40.0 Å². The fourth-order valence-corrected chi connectivity index (χ4v) is 4.04. The van der Waals surface area contributed by atoms with E-state index < -0.39 is 0 Å². The molecule has 1 amide bonds. The zero-order valence-electron chi connectivity index (χ0n) is 17.8. The summed E-state index contributed by atoms with van der Waals surface area (Å²) in [5.74, 6) is -0.0542. The number of aryl methyl sites for hydroxylation is 1. The zero-order valence-corrected chi connectivity index (χ0v) is 17.8. The molecule has 4 rings (SSSR count). The quantitative estimate of drug-likeness (QED) is 0.464. The molecular formula is C25H28N4O. The number of carbonyl (C=O) groups excluding carboxylic acids is 1. The Morgan fingerprint density at radius 2 is 1.83 bits per heavy atom. The fraction of sp³-hybridized carbons (Fsp3) is 0.280. The van der Waals surface area contributed by atoms with Crippen LogP contribution < -0.4 is 5.32 Å². The van der Waals surface area contributed by atoms with E-state index in [1.54, 1.807) is 0 Å². The van der Waals surface area contributed by atoms with Crippen molar-refractivity contribution in [3.8, 4) is 5.69 Å². The molecule has 4 aromatic rings. The van der Waals surface area contributed by atoms with Crippen LogP contribution in [0.4, 0.5) is 0 Å². The Labute approximate surface area is 177 Å². The first-order valence-electron chi connectivity index (χ1n) is 10.6. The molecule has 0 radical (unpaired) electrons. The number of para-hydroxylation sites is 1. The zero-order chi connectivity index (χ0) is 21.1. The van der Waals surface area contributed by atoms with Crippen LogP contribution in [0.15, 0.2) is 54.7 Å². The lowest BCUT2D eigenvalue weighted by Crippen LogP contribution is -2.25. The second-order valence-electron chi connectivity index (χ2n) is 7.72. The van der Waals surface area contributed by atoms with Crippen LogP contribution >= 0.6 is 0 Å². The molecule has 0 saturated heterocycles. The molecule has 30 heavy (non-hydrogen) atoms. The van der Waals surface area contributed by atoms with Gasteiger partial charge in [-0.15, -0.1) is 0 Å². The van der Waals surface area contributed by atoms with E-state index in [9.17, 15) is 4.79 Å². The van der Waals surface area contributed by atoms with Crippen LogP contribution in [0, 0.1) is 13.8 Å². The largest absolute Gasteiger partial charge is 0.361 e. The van der Waals surface area contributed by atoms with Crippen LogP contribution in [0.2, 0.25) is 0 Å². The Hall–Kier alpha value is -3.34. The molecular weight excluding hydrogens is 372 g/mol. The first kappa shape index (κ1) is 20.0. The molecule has 0 fully saturated rings. The van der Waals surface area contributed by atoms with Crippen LogP contribution in [0.5, 0.6) is 0 Å². The van der Waals surface area contributed by atoms with E-state index in [2.05, 4.69) is 48.3 Å². The summed E-state index contributed by atoms with van der Waals surface area (Å²) in [6.45, 7) is 6.95. The Morgan fingerprint density at radius 3 is 2.60 bits per heavy atom. The van der Waals surface area contributed by atoms with Crippen molar-refractivity contribution in [3.63, 3.8) is 0 Å². The summed E-state index contributed by atoms with van der Waals surface area (Å²) in [6, 6.07) is 15.9. The average molecular weight is 401 g/mol. The monoisotopic (exact) mass is 400 g/mol. The Bertz CT molecular complexity index is 1170. The number of aromatic nitrogens is 3. The van der Waals surface area contributed by atoms with Crippen molar-refractivity contribution in [3.05, 3.63) is 82.8 Å². The predicted octanol–water partition coefficient (Wildman–Crippen LogP) is 4.90. The van der Waals surface area contributed by atoms with Gasteiger partial charge in [-0.25, -0.2) is 4.68 Å². The van der Waals surface area contributed by atoms with Gasteiger partial charge in [-0.2, -0.15) is 5.10 Å². The number of rotatable bonds is 7. The number of benzene rings is 2. The van der Waals surface area contributed by atoms with E-state index in [-0.39, 0.29) is 5.91 Å². The smallest absolute Gasteiger partial charge is 0.251 e. The lowest BCUT2D eigenvalue weighted by Gasteiger charge is -2.08. The van der Waals surface area contributed by atoms with Gasteiger partial charge in [0.1, 0.15) is 0 Å². The summed E-state index contributed by atoms with van der Waals surface area (Å²) >= 11 is 0. The number of hydrogen-bond acceptors (Lipinski definition) is 2. The number of carbonyl (C=O) groups is 1. The summed E-state index contributed by atoms with van der Waals surface area (Å²) < 4.78 is 1.97. The molecule has 0 aliphatic heterocycles. The topological polar surface area (TPSA) is 62.7 Å². The number of nitrogens with zero attached hydrogens (tertiary/aromatic N) is 2. The van der Waals surface area contributed by atoms with E-state index in [1.807, 2.05) is 47.3 Å². The van der Waals surface area contributed by atoms with Gasteiger partial charge in [-0.1, -0.05) is 31.5 Å². The fourth-order valence-electron chi connectivity index (χ4n) is 4.04. The number of aromatic amines is 1. The third kappa shape index (κ3) is 3.88. The van der Waals surface area contributed by atoms with Crippen molar-refractivity contribution in [1.82, 2.24) is 20.1 Å². The van der Waals surface area contributed by atoms with Crippen molar-refractivity contribution in [1.29, 1.82) is 0 Å². The highest BCUT2D eigenvalue weighted by Crippen LogP contribution is 2.20. The SMILES string of the molecule is CCCc1c(C)nn(-c2ccc(C(=O)NCCc3c[nH]c4ccccc34)cc2)c1C. The van der Waals surface area contributed by atoms with E-state index in [1.165, 1.54) is 22.2 Å². The minimum atomic E-state index is -0.0542. The van der Waals surface area contributed by atoms with Crippen molar-refractivity contribution >= 4 is 16.8 Å². The molecule has 0 aliphatic carbocycles. The van der Waals surface area contributed by atoms with Crippen molar-refractivity contribution in [2.75, 3.05) is 6.54 Å². The van der Waals surface area contributed by atoms with Crippen LogP contribution in [0.1, 0.15) is 46.2 Å². The normalized spacial score (nSPS) is 11.2. The molecule has 2 aromatic carbocycles. The number of hydrogen-bond donors (Lipinski definition) is 2. The van der Waals surface area contributed by atoms with Gasteiger partial charge in [0, 0.05) is 34.9 Å². The number of fused-ring (bicyclic) bond motifs is 1. The van der Waals surface area contributed by atoms with Crippen LogP contribution in [0.25, 0.3) is 16.6 Å². The second kappa shape index (κ2) is 8.57. The molecule has 2 N–H and O–H groups in total.